The molecule has 0 radical (unpaired) electrons. The number of para-hydroxylation sites is 1. The van der Waals surface area contributed by atoms with Crippen LogP contribution in [0.5, 0.6) is 5.75 Å². The van der Waals surface area contributed by atoms with Crippen LogP contribution < -0.4 is 10.1 Å². The Kier molecular flexibility index (Phi) is 6.61. The molecule has 3 aromatic rings. The second-order valence-corrected chi connectivity index (χ2v) is 7.65. The highest BCUT2D eigenvalue weighted by molar-refractivity contribution is 7.09. The summed E-state index contributed by atoms with van der Waals surface area (Å²) in [4.78, 5) is 28.9. The summed E-state index contributed by atoms with van der Waals surface area (Å²) < 4.78 is 10.9. The van der Waals surface area contributed by atoms with Gasteiger partial charge in [0.2, 0.25) is 0 Å². The zero-order valence-electron chi connectivity index (χ0n) is 16.5. The number of rotatable bonds is 7. The summed E-state index contributed by atoms with van der Waals surface area (Å²) in [6.45, 7) is 5.68. The van der Waals surface area contributed by atoms with Gasteiger partial charge in [-0.15, -0.1) is 11.3 Å². The summed E-state index contributed by atoms with van der Waals surface area (Å²) in [5, 5.41) is 5.61. The van der Waals surface area contributed by atoms with Crippen molar-refractivity contribution in [3.8, 4) is 5.75 Å². The lowest BCUT2D eigenvalue weighted by atomic mass is 10.1. The Bertz CT molecular complexity index is 1030. The number of amides is 1. The highest BCUT2D eigenvalue weighted by Crippen LogP contribution is 2.21. The lowest BCUT2D eigenvalue weighted by molar-refractivity contribution is -0.119. The number of benzene rings is 2. The molecule has 1 N–H and O–H groups in total. The minimum Gasteiger partial charge on any atom is -0.486 e. The maximum Gasteiger partial charge on any atom is 0.342 e. The van der Waals surface area contributed by atoms with Gasteiger partial charge in [0.1, 0.15) is 17.9 Å². The van der Waals surface area contributed by atoms with Gasteiger partial charge in [-0.05, 0) is 44.5 Å². The molecule has 0 saturated heterocycles. The number of ether oxygens (including phenoxy) is 2. The molecule has 1 aromatic heterocycles. The molecule has 7 heteroatoms. The molecular weight excluding hydrogens is 388 g/mol. The molecule has 0 spiro atoms. The lowest BCUT2D eigenvalue weighted by Gasteiger charge is -2.11. The number of thiazole rings is 1. The average molecular weight is 410 g/mol. The van der Waals surface area contributed by atoms with Crippen LogP contribution in [0.1, 0.15) is 32.2 Å². The largest absolute Gasteiger partial charge is 0.486 e. The van der Waals surface area contributed by atoms with Crippen molar-refractivity contribution in [1.82, 2.24) is 4.98 Å². The minimum absolute atomic E-state index is 0.252. The highest BCUT2D eigenvalue weighted by atomic mass is 32.1. The van der Waals surface area contributed by atoms with Crippen LogP contribution >= 0.6 is 11.3 Å². The fraction of sp³-hybridized carbons (Fsp3) is 0.227. The molecule has 1 heterocycles. The average Bonchev–Trinajstić information content (AvgIpc) is 3.12. The number of aryl methyl sites for hydroxylation is 3. The Labute approximate surface area is 173 Å². The van der Waals surface area contributed by atoms with Crippen molar-refractivity contribution in [2.75, 3.05) is 11.9 Å². The minimum atomic E-state index is -0.620. The summed E-state index contributed by atoms with van der Waals surface area (Å²) in [6, 6.07) is 12.5. The molecule has 0 fully saturated rings. The monoisotopic (exact) mass is 410 g/mol. The van der Waals surface area contributed by atoms with Crippen LogP contribution in [-0.4, -0.2) is 23.5 Å². The molecule has 150 valence electrons. The standard InChI is InChI=1S/C22H22N2O4S/c1-14-8-9-19(15(2)10-14)24-21(25)12-28-22(26)18-6-4-5-7-20(18)27-11-17-13-29-16(3)23-17/h4-10,13H,11-12H2,1-3H3,(H,24,25). The predicted octanol–water partition coefficient (Wildman–Crippen LogP) is 4.44. The summed E-state index contributed by atoms with van der Waals surface area (Å²) in [6.07, 6.45) is 0. The van der Waals surface area contributed by atoms with Gasteiger partial charge in [-0.1, -0.05) is 29.8 Å². The van der Waals surface area contributed by atoms with Gasteiger partial charge in [-0.25, -0.2) is 9.78 Å². The maximum absolute atomic E-state index is 12.5. The number of carbonyl (C=O) groups excluding carboxylic acids is 2. The van der Waals surface area contributed by atoms with E-state index in [1.807, 2.05) is 44.4 Å². The van der Waals surface area contributed by atoms with Crippen molar-refractivity contribution < 1.29 is 19.1 Å². The number of nitrogens with one attached hydrogen (secondary N) is 1. The molecule has 0 saturated carbocycles. The third kappa shape index (κ3) is 5.65. The van der Waals surface area contributed by atoms with Crippen LogP contribution in [-0.2, 0) is 16.1 Å². The number of carbonyl (C=O) groups is 2. The van der Waals surface area contributed by atoms with E-state index in [4.69, 9.17) is 9.47 Å². The van der Waals surface area contributed by atoms with Gasteiger partial charge < -0.3 is 14.8 Å². The second-order valence-electron chi connectivity index (χ2n) is 6.59. The summed E-state index contributed by atoms with van der Waals surface area (Å²) in [7, 11) is 0. The smallest absolute Gasteiger partial charge is 0.342 e. The van der Waals surface area contributed by atoms with E-state index >= 15 is 0 Å². The highest BCUT2D eigenvalue weighted by Gasteiger charge is 2.16. The van der Waals surface area contributed by atoms with Crippen LogP contribution in [0.15, 0.2) is 47.8 Å². The molecule has 2 aromatic carbocycles. The Hall–Kier alpha value is -3.19. The molecule has 0 aliphatic heterocycles. The Morgan fingerprint density at radius 3 is 2.62 bits per heavy atom. The normalized spacial score (nSPS) is 10.4. The topological polar surface area (TPSA) is 77.5 Å². The van der Waals surface area contributed by atoms with E-state index in [0.29, 0.717) is 11.4 Å². The van der Waals surface area contributed by atoms with Crippen molar-refractivity contribution in [1.29, 1.82) is 0 Å². The second kappa shape index (κ2) is 9.34. The maximum atomic E-state index is 12.5. The van der Waals surface area contributed by atoms with Crippen LogP contribution in [0.4, 0.5) is 5.69 Å². The predicted molar refractivity (Wildman–Crippen MR) is 112 cm³/mol. The van der Waals surface area contributed by atoms with Crippen LogP contribution in [0, 0.1) is 20.8 Å². The van der Waals surface area contributed by atoms with Crippen LogP contribution in [0.3, 0.4) is 0 Å². The molecule has 1 amide bonds. The molecule has 0 bridgehead atoms. The van der Waals surface area contributed by atoms with Gasteiger partial charge in [0.05, 0.1) is 10.7 Å². The van der Waals surface area contributed by atoms with Gasteiger partial charge in [0.25, 0.3) is 5.91 Å². The van der Waals surface area contributed by atoms with E-state index in [9.17, 15) is 9.59 Å². The third-order valence-electron chi connectivity index (χ3n) is 4.14. The quantitative estimate of drug-likeness (QED) is 0.583. The molecule has 0 aliphatic carbocycles. The van der Waals surface area contributed by atoms with Crippen molar-refractivity contribution in [3.05, 3.63) is 75.2 Å². The first-order chi connectivity index (χ1) is 13.9. The number of aromatic nitrogens is 1. The van der Waals surface area contributed by atoms with Crippen LogP contribution in [0.25, 0.3) is 0 Å². The summed E-state index contributed by atoms with van der Waals surface area (Å²) in [5.74, 6) is -0.634. The van der Waals surface area contributed by atoms with E-state index in [0.717, 1.165) is 21.8 Å². The third-order valence-corrected chi connectivity index (χ3v) is 4.96. The lowest BCUT2D eigenvalue weighted by Crippen LogP contribution is -2.21. The van der Waals surface area contributed by atoms with E-state index < -0.39 is 11.9 Å². The Morgan fingerprint density at radius 1 is 1.10 bits per heavy atom. The number of esters is 1. The van der Waals surface area contributed by atoms with Gasteiger partial charge in [0, 0.05) is 11.1 Å². The van der Waals surface area contributed by atoms with E-state index in [-0.39, 0.29) is 18.8 Å². The first-order valence-corrected chi connectivity index (χ1v) is 9.97. The van der Waals surface area contributed by atoms with Crippen molar-refractivity contribution in [2.45, 2.75) is 27.4 Å². The number of hydrogen-bond acceptors (Lipinski definition) is 6. The molecule has 0 atom stereocenters. The molecule has 29 heavy (non-hydrogen) atoms. The van der Waals surface area contributed by atoms with Gasteiger partial charge in [0.15, 0.2) is 6.61 Å². The summed E-state index contributed by atoms with van der Waals surface area (Å²) >= 11 is 1.54. The molecule has 3 rings (SSSR count). The molecule has 0 unspecified atom stereocenters. The SMILES string of the molecule is Cc1ccc(NC(=O)COC(=O)c2ccccc2OCc2csc(C)n2)c(C)c1. The fourth-order valence-electron chi connectivity index (χ4n) is 2.74. The first-order valence-electron chi connectivity index (χ1n) is 9.09. The van der Waals surface area contributed by atoms with Gasteiger partial charge in [-0.2, -0.15) is 0 Å². The Morgan fingerprint density at radius 2 is 1.90 bits per heavy atom. The number of hydrogen-bond donors (Lipinski definition) is 1. The van der Waals surface area contributed by atoms with Crippen LogP contribution in [0.2, 0.25) is 0 Å². The molecule has 6 nitrogen and oxygen atoms in total. The van der Waals surface area contributed by atoms with Crippen molar-refractivity contribution >= 4 is 28.9 Å². The number of nitrogens with zero attached hydrogens (tertiary/aromatic N) is 1. The molecule has 0 aliphatic rings. The van der Waals surface area contributed by atoms with E-state index in [2.05, 4.69) is 10.3 Å². The van der Waals surface area contributed by atoms with Crippen molar-refractivity contribution in [3.63, 3.8) is 0 Å². The number of anilines is 1. The first kappa shape index (κ1) is 20.5. The van der Waals surface area contributed by atoms with Gasteiger partial charge in [-0.3, -0.25) is 4.79 Å². The van der Waals surface area contributed by atoms with E-state index in [1.165, 1.54) is 11.3 Å². The van der Waals surface area contributed by atoms with E-state index in [1.54, 1.807) is 24.3 Å². The summed E-state index contributed by atoms with van der Waals surface area (Å²) in [5.41, 5.74) is 3.80. The zero-order valence-corrected chi connectivity index (χ0v) is 17.3. The van der Waals surface area contributed by atoms with Crippen molar-refractivity contribution in [2.24, 2.45) is 0 Å². The van der Waals surface area contributed by atoms with Gasteiger partial charge >= 0.3 is 5.97 Å². The molecular formula is C22H22N2O4S. The Balaban J connectivity index is 1.58. The zero-order chi connectivity index (χ0) is 20.8. The fourth-order valence-corrected chi connectivity index (χ4v) is 3.33.